The van der Waals surface area contributed by atoms with E-state index in [1.807, 2.05) is 16.8 Å². The first-order chi connectivity index (χ1) is 10.3. The van der Waals surface area contributed by atoms with Crippen molar-refractivity contribution in [1.29, 1.82) is 0 Å². The van der Waals surface area contributed by atoms with E-state index in [2.05, 4.69) is 10.1 Å². The van der Waals surface area contributed by atoms with Crippen molar-refractivity contribution in [3.8, 4) is 0 Å². The van der Waals surface area contributed by atoms with E-state index >= 15 is 0 Å². The molecular weight excluding hydrogens is 306 g/mol. The third kappa shape index (κ3) is 7.42. The highest BCUT2D eigenvalue weighted by molar-refractivity contribution is 7.07. The van der Waals surface area contributed by atoms with Gasteiger partial charge in [0, 0.05) is 0 Å². The summed E-state index contributed by atoms with van der Waals surface area (Å²) in [6.07, 6.45) is 0.0773. The predicted molar refractivity (Wildman–Crippen MR) is 84.0 cm³/mol. The van der Waals surface area contributed by atoms with Crippen LogP contribution in [0.4, 0.5) is 4.79 Å². The Morgan fingerprint density at radius 1 is 1.36 bits per heavy atom. The Hall–Kier alpha value is -1.60. The van der Waals surface area contributed by atoms with Crippen LogP contribution < -0.4 is 5.32 Å². The van der Waals surface area contributed by atoms with Crippen LogP contribution in [0.2, 0.25) is 0 Å². The first-order valence-corrected chi connectivity index (χ1v) is 7.92. The van der Waals surface area contributed by atoms with Gasteiger partial charge in [0.15, 0.2) is 6.04 Å². The lowest BCUT2D eigenvalue weighted by molar-refractivity contribution is -0.144. The normalized spacial score (nSPS) is 12.5. The molecule has 0 saturated carbocycles. The highest BCUT2D eigenvalue weighted by Gasteiger charge is 2.25. The van der Waals surface area contributed by atoms with Crippen molar-refractivity contribution in [2.75, 3.05) is 20.3 Å². The van der Waals surface area contributed by atoms with Gasteiger partial charge >= 0.3 is 12.1 Å². The Balaban J connectivity index is 2.40. The molecular formula is C15H23NO5S. The van der Waals surface area contributed by atoms with Gasteiger partial charge in [-0.15, -0.1) is 0 Å². The molecule has 1 aromatic heterocycles. The second-order valence-electron chi connectivity index (χ2n) is 5.68. The van der Waals surface area contributed by atoms with Gasteiger partial charge in [0.25, 0.3) is 0 Å². The molecule has 0 aromatic carbocycles. The molecule has 1 aromatic rings. The van der Waals surface area contributed by atoms with Crippen LogP contribution in [0, 0.1) is 0 Å². The third-order valence-electron chi connectivity index (χ3n) is 2.58. The molecule has 6 nitrogen and oxygen atoms in total. The van der Waals surface area contributed by atoms with Crippen molar-refractivity contribution in [3.05, 3.63) is 22.4 Å². The van der Waals surface area contributed by atoms with Crippen LogP contribution in [-0.2, 0) is 25.4 Å². The molecule has 1 amide bonds. The Labute approximate surface area is 134 Å². The minimum Gasteiger partial charge on any atom is -0.467 e. The number of carbonyl (C=O) groups is 2. The zero-order chi connectivity index (χ0) is 16.6. The second kappa shape index (κ2) is 8.75. The summed E-state index contributed by atoms with van der Waals surface area (Å²) in [7, 11) is 1.26. The van der Waals surface area contributed by atoms with Gasteiger partial charge in [0.1, 0.15) is 5.60 Å². The van der Waals surface area contributed by atoms with Crippen LogP contribution >= 0.6 is 11.3 Å². The Morgan fingerprint density at radius 3 is 2.64 bits per heavy atom. The number of esters is 1. The van der Waals surface area contributed by atoms with E-state index in [0.717, 1.165) is 6.42 Å². The van der Waals surface area contributed by atoms with E-state index in [1.165, 1.54) is 12.7 Å². The average molecular weight is 329 g/mol. The summed E-state index contributed by atoms with van der Waals surface area (Å²) >= 11 is 1.62. The number of nitrogens with one attached hydrogen (secondary N) is 1. The lowest BCUT2D eigenvalue weighted by Gasteiger charge is -2.22. The molecule has 0 aliphatic carbocycles. The highest BCUT2D eigenvalue weighted by atomic mass is 32.1. The zero-order valence-electron chi connectivity index (χ0n) is 13.4. The van der Waals surface area contributed by atoms with Crippen molar-refractivity contribution < 1.29 is 23.8 Å². The molecule has 1 atom stereocenters. The summed E-state index contributed by atoms with van der Waals surface area (Å²) < 4.78 is 15.2. The van der Waals surface area contributed by atoms with Gasteiger partial charge in [-0.1, -0.05) is 0 Å². The quantitative estimate of drug-likeness (QED) is 0.614. The molecule has 7 heteroatoms. The summed E-state index contributed by atoms with van der Waals surface area (Å²) in [6.45, 7) is 5.74. The van der Waals surface area contributed by atoms with Gasteiger partial charge < -0.3 is 19.5 Å². The van der Waals surface area contributed by atoms with Crippen molar-refractivity contribution in [1.82, 2.24) is 5.32 Å². The predicted octanol–water partition coefficient (Wildman–Crippen LogP) is 2.37. The second-order valence-corrected chi connectivity index (χ2v) is 6.46. The topological polar surface area (TPSA) is 73.9 Å². The Morgan fingerprint density at radius 2 is 2.09 bits per heavy atom. The first kappa shape index (κ1) is 18.4. The molecule has 0 fully saturated rings. The number of amides is 1. The van der Waals surface area contributed by atoms with Crippen LogP contribution in [0.1, 0.15) is 26.3 Å². The zero-order valence-corrected chi connectivity index (χ0v) is 14.2. The standard InChI is InChI=1S/C15H23NO5S/c1-15(2,3)21-14(18)16-12(13(17)19-4)9-20-7-5-11-6-8-22-10-11/h6,8,10,12H,5,7,9H2,1-4H3,(H,16,18)/t12-/m1/s1. The van der Waals surface area contributed by atoms with E-state index < -0.39 is 23.7 Å². The molecule has 0 unspecified atom stereocenters. The first-order valence-electron chi connectivity index (χ1n) is 6.98. The summed E-state index contributed by atoms with van der Waals surface area (Å²) in [5.41, 5.74) is 0.546. The molecule has 1 rings (SSSR count). The molecule has 0 saturated heterocycles. The fourth-order valence-corrected chi connectivity index (χ4v) is 2.29. The highest BCUT2D eigenvalue weighted by Crippen LogP contribution is 2.08. The maximum atomic E-state index is 11.7. The molecule has 22 heavy (non-hydrogen) atoms. The number of alkyl carbamates (subject to hydrolysis) is 1. The average Bonchev–Trinajstić information content (AvgIpc) is 2.92. The fraction of sp³-hybridized carbons (Fsp3) is 0.600. The summed E-state index contributed by atoms with van der Waals surface area (Å²) in [5, 5.41) is 6.50. The van der Waals surface area contributed by atoms with Crippen molar-refractivity contribution in [3.63, 3.8) is 0 Å². The van der Waals surface area contributed by atoms with Gasteiger partial charge in [-0.3, -0.25) is 0 Å². The SMILES string of the molecule is COC(=O)[C@@H](COCCc1ccsc1)NC(=O)OC(C)(C)C. The molecule has 0 spiro atoms. The van der Waals surface area contributed by atoms with Gasteiger partial charge in [0.2, 0.25) is 0 Å². The number of rotatable bonds is 7. The van der Waals surface area contributed by atoms with Crippen LogP contribution in [0.15, 0.2) is 16.8 Å². The molecule has 0 aliphatic rings. The molecule has 124 valence electrons. The van der Waals surface area contributed by atoms with Crippen molar-refractivity contribution >= 4 is 23.4 Å². The van der Waals surface area contributed by atoms with E-state index in [1.54, 1.807) is 32.1 Å². The number of hydrogen-bond acceptors (Lipinski definition) is 6. The van der Waals surface area contributed by atoms with E-state index in [4.69, 9.17) is 9.47 Å². The Kier molecular flexibility index (Phi) is 7.34. The van der Waals surface area contributed by atoms with Gasteiger partial charge in [-0.2, -0.15) is 11.3 Å². The van der Waals surface area contributed by atoms with Gasteiger partial charge in [0.05, 0.1) is 20.3 Å². The lowest BCUT2D eigenvalue weighted by Crippen LogP contribution is -2.46. The van der Waals surface area contributed by atoms with E-state index in [-0.39, 0.29) is 6.61 Å². The van der Waals surface area contributed by atoms with E-state index in [9.17, 15) is 9.59 Å². The van der Waals surface area contributed by atoms with Crippen molar-refractivity contribution in [2.24, 2.45) is 0 Å². The number of thiophene rings is 1. The molecule has 1 N–H and O–H groups in total. The van der Waals surface area contributed by atoms with Crippen LogP contribution in [0.25, 0.3) is 0 Å². The number of methoxy groups -OCH3 is 1. The maximum absolute atomic E-state index is 11.7. The number of carbonyl (C=O) groups excluding carboxylic acids is 2. The summed E-state index contributed by atoms with van der Waals surface area (Å²) in [6, 6.07) is 1.13. The summed E-state index contributed by atoms with van der Waals surface area (Å²) in [4.78, 5) is 23.4. The Bertz CT molecular complexity index is 467. The minimum absolute atomic E-state index is 0.0378. The third-order valence-corrected chi connectivity index (χ3v) is 3.31. The van der Waals surface area contributed by atoms with Crippen LogP contribution in [0.5, 0.6) is 0 Å². The molecule has 0 radical (unpaired) electrons. The largest absolute Gasteiger partial charge is 0.467 e. The van der Waals surface area contributed by atoms with Gasteiger partial charge in [-0.05, 0) is 49.6 Å². The molecule has 1 heterocycles. The minimum atomic E-state index is -0.887. The van der Waals surface area contributed by atoms with E-state index in [0.29, 0.717) is 6.61 Å². The summed E-state index contributed by atoms with van der Waals surface area (Å²) in [5.74, 6) is -0.568. The lowest BCUT2D eigenvalue weighted by atomic mass is 10.2. The molecule has 0 aliphatic heterocycles. The van der Waals surface area contributed by atoms with Crippen molar-refractivity contribution in [2.45, 2.75) is 38.8 Å². The number of hydrogen-bond donors (Lipinski definition) is 1. The van der Waals surface area contributed by atoms with Crippen LogP contribution in [-0.4, -0.2) is 44.0 Å². The monoisotopic (exact) mass is 329 g/mol. The number of ether oxygens (including phenoxy) is 3. The maximum Gasteiger partial charge on any atom is 0.408 e. The van der Waals surface area contributed by atoms with Gasteiger partial charge in [-0.25, -0.2) is 9.59 Å². The fourth-order valence-electron chi connectivity index (χ4n) is 1.59. The smallest absolute Gasteiger partial charge is 0.408 e. The van der Waals surface area contributed by atoms with Crippen LogP contribution in [0.3, 0.4) is 0 Å². The molecule has 0 bridgehead atoms.